The number of piperazine rings is 1. The molecule has 0 aromatic carbocycles. The SMILES string of the molecule is CCC1(CC)CN(CC2CCC2)C(C)(C)CN1. The molecule has 0 aromatic heterocycles. The lowest BCUT2D eigenvalue weighted by molar-refractivity contribution is 0.00176. The van der Waals surface area contributed by atoms with Crippen LogP contribution in [0, 0.1) is 5.92 Å². The minimum absolute atomic E-state index is 0.337. The fourth-order valence-corrected chi connectivity index (χ4v) is 3.17. The van der Waals surface area contributed by atoms with Crippen LogP contribution in [0.1, 0.15) is 59.8 Å². The van der Waals surface area contributed by atoms with Crippen LogP contribution in [-0.2, 0) is 0 Å². The lowest BCUT2D eigenvalue weighted by atomic mass is 9.80. The quantitative estimate of drug-likeness (QED) is 0.810. The van der Waals surface area contributed by atoms with Crippen molar-refractivity contribution in [1.29, 1.82) is 0 Å². The Morgan fingerprint density at radius 2 is 1.82 bits per heavy atom. The molecule has 1 saturated carbocycles. The van der Waals surface area contributed by atoms with E-state index in [1.807, 2.05) is 0 Å². The van der Waals surface area contributed by atoms with Crippen molar-refractivity contribution in [2.45, 2.75) is 70.9 Å². The molecule has 0 unspecified atom stereocenters. The molecule has 1 N–H and O–H groups in total. The van der Waals surface area contributed by atoms with Gasteiger partial charge in [0.1, 0.15) is 0 Å². The third kappa shape index (κ3) is 2.68. The summed E-state index contributed by atoms with van der Waals surface area (Å²) in [6, 6.07) is 0. The van der Waals surface area contributed by atoms with E-state index in [1.165, 1.54) is 45.2 Å². The van der Waals surface area contributed by atoms with Crippen LogP contribution >= 0.6 is 0 Å². The second-order valence-electron chi connectivity index (χ2n) is 6.83. The summed E-state index contributed by atoms with van der Waals surface area (Å²) in [6.07, 6.45) is 6.89. The molecule has 2 nitrogen and oxygen atoms in total. The zero-order valence-corrected chi connectivity index (χ0v) is 12.2. The monoisotopic (exact) mass is 238 g/mol. The van der Waals surface area contributed by atoms with Gasteiger partial charge in [-0.3, -0.25) is 4.90 Å². The van der Waals surface area contributed by atoms with Gasteiger partial charge >= 0.3 is 0 Å². The van der Waals surface area contributed by atoms with E-state index < -0.39 is 0 Å². The maximum Gasteiger partial charge on any atom is 0.0304 e. The standard InChI is InChI=1S/C15H30N2/c1-5-15(6-2)12-17(10-13-8-7-9-13)14(3,4)11-16-15/h13,16H,5-12H2,1-4H3. The van der Waals surface area contributed by atoms with E-state index in [1.54, 1.807) is 0 Å². The second-order valence-corrected chi connectivity index (χ2v) is 6.83. The first-order chi connectivity index (χ1) is 8.01. The van der Waals surface area contributed by atoms with E-state index in [2.05, 4.69) is 37.9 Å². The van der Waals surface area contributed by atoms with Gasteiger partial charge in [0.25, 0.3) is 0 Å². The minimum atomic E-state index is 0.337. The summed E-state index contributed by atoms with van der Waals surface area (Å²) in [4.78, 5) is 2.76. The molecule has 0 amide bonds. The molecule has 0 radical (unpaired) electrons. The highest BCUT2D eigenvalue weighted by atomic mass is 15.3. The highest BCUT2D eigenvalue weighted by Crippen LogP contribution is 2.33. The Kier molecular flexibility index (Phi) is 3.84. The number of nitrogens with zero attached hydrogens (tertiary/aromatic N) is 1. The smallest absolute Gasteiger partial charge is 0.0304 e. The van der Waals surface area contributed by atoms with Crippen molar-refractivity contribution < 1.29 is 0 Å². The number of hydrogen-bond donors (Lipinski definition) is 1. The Morgan fingerprint density at radius 3 is 2.29 bits per heavy atom. The van der Waals surface area contributed by atoms with Gasteiger partial charge in [-0.1, -0.05) is 20.3 Å². The summed E-state index contributed by atoms with van der Waals surface area (Å²) in [5, 5.41) is 3.82. The van der Waals surface area contributed by atoms with E-state index >= 15 is 0 Å². The first-order valence-electron chi connectivity index (χ1n) is 7.51. The fraction of sp³-hybridized carbons (Fsp3) is 1.00. The van der Waals surface area contributed by atoms with E-state index in [-0.39, 0.29) is 0 Å². The van der Waals surface area contributed by atoms with Gasteiger partial charge in [-0.25, -0.2) is 0 Å². The van der Waals surface area contributed by atoms with Crippen molar-refractivity contribution in [3.8, 4) is 0 Å². The highest BCUT2D eigenvalue weighted by molar-refractivity contribution is 5.01. The average Bonchev–Trinajstić information content (AvgIpc) is 2.26. The highest BCUT2D eigenvalue weighted by Gasteiger charge is 2.41. The van der Waals surface area contributed by atoms with E-state index in [0.717, 1.165) is 12.5 Å². The van der Waals surface area contributed by atoms with Gasteiger partial charge in [-0.2, -0.15) is 0 Å². The van der Waals surface area contributed by atoms with Gasteiger partial charge in [0.15, 0.2) is 0 Å². The van der Waals surface area contributed by atoms with Gasteiger partial charge in [0, 0.05) is 30.7 Å². The van der Waals surface area contributed by atoms with E-state index in [9.17, 15) is 0 Å². The predicted molar refractivity (Wildman–Crippen MR) is 74.3 cm³/mol. The number of nitrogens with one attached hydrogen (secondary N) is 1. The molecule has 2 fully saturated rings. The Labute approximate surface area is 107 Å². The molecule has 100 valence electrons. The average molecular weight is 238 g/mol. The lowest BCUT2D eigenvalue weighted by Crippen LogP contribution is -2.68. The van der Waals surface area contributed by atoms with Crippen molar-refractivity contribution >= 4 is 0 Å². The van der Waals surface area contributed by atoms with Crippen molar-refractivity contribution in [1.82, 2.24) is 10.2 Å². The molecule has 1 heterocycles. The van der Waals surface area contributed by atoms with Crippen molar-refractivity contribution in [3.63, 3.8) is 0 Å². The van der Waals surface area contributed by atoms with E-state index in [0.29, 0.717) is 11.1 Å². The molecular formula is C15H30N2. The summed E-state index contributed by atoms with van der Waals surface area (Å²) in [7, 11) is 0. The van der Waals surface area contributed by atoms with E-state index in [4.69, 9.17) is 0 Å². The summed E-state index contributed by atoms with van der Waals surface area (Å²) in [5.41, 5.74) is 0.711. The van der Waals surface area contributed by atoms with Crippen LogP contribution in [-0.4, -0.2) is 35.6 Å². The maximum atomic E-state index is 3.82. The topological polar surface area (TPSA) is 15.3 Å². The Bertz CT molecular complexity index is 252. The van der Waals surface area contributed by atoms with Crippen LogP contribution in [0.15, 0.2) is 0 Å². The number of hydrogen-bond acceptors (Lipinski definition) is 2. The zero-order chi connectivity index (χ0) is 12.5. The number of rotatable bonds is 4. The lowest BCUT2D eigenvalue weighted by Gasteiger charge is -2.53. The van der Waals surface area contributed by atoms with Crippen LogP contribution in [0.2, 0.25) is 0 Å². The van der Waals surface area contributed by atoms with Crippen LogP contribution in [0.3, 0.4) is 0 Å². The fourth-order valence-electron chi connectivity index (χ4n) is 3.17. The second kappa shape index (κ2) is 4.89. The van der Waals surface area contributed by atoms with Crippen LogP contribution in [0.4, 0.5) is 0 Å². The van der Waals surface area contributed by atoms with Gasteiger partial charge < -0.3 is 5.32 Å². The molecular weight excluding hydrogens is 208 g/mol. The molecule has 1 aliphatic heterocycles. The van der Waals surface area contributed by atoms with Crippen molar-refractivity contribution in [3.05, 3.63) is 0 Å². The summed E-state index contributed by atoms with van der Waals surface area (Å²) >= 11 is 0. The zero-order valence-electron chi connectivity index (χ0n) is 12.2. The molecule has 2 heteroatoms. The normalized spacial score (nSPS) is 28.9. The summed E-state index contributed by atoms with van der Waals surface area (Å²) in [5.74, 6) is 0.985. The summed E-state index contributed by atoms with van der Waals surface area (Å²) in [6.45, 7) is 13.2. The largest absolute Gasteiger partial charge is 0.308 e. The molecule has 0 spiro atoms. The third-order valence-electron chi connectivity index (χ3n) is 5.30. The van der Waals surface area contributed by atoms with Gasteiger partial charge in [0.2, 0.25) is 0 Å². The molecule has 0 aromatic rings. The molecule has 17 heavy (non-hydrogen) atoms. The van der Waals surface area contributed by atoms with Gasteiger partial charge in [-0.15, -0.1) is 0 Å². The van der Waals surface area contributed by atoms with Crippen molar-refractivity contribution in [2.75, 3.05) is 19.6 Å². The van der Waals surface area contributed by atoms with Gasteiger partial charge in [-0.05, 0) is 45.4 Å². The summed E-state index contributed by atoms with van der Waals surface area (Å²) < 4.78 is 0. The van der Waals surface area contributed by atoms with Crippen molar-refractivity contribution in [2.24, 2.45) is 5.92 Å². The van der Waals surface area contributed by atoms with Gasteiger partial charge in [0.05, 0.1) is 0 Å². The molecule has 1 saturated heterocycles. The predicted octanol–water partition coefficient (Wildman–Crippen LogP) is 3.03. The molecule has 0 atom stereocenters. The van der Waals surface area contributed by atoms with Crippen LogP contribution in [0.5, 0.6) is 0 Å². The Morgan fingerprint density at radius 1 is 1.18 bits per heavy atom. The molecule has 1 aliphatic carbocycles. The molecule has 0 bridgehead atoms. The first-order valence-corrected chi connectivity index (χ1v) is 7.51. The van der Waals surface area contributed by atoms with Crippen LogP contribution in [0.25, 0.3) is 0 Å². The Balaban J connectivity index is 2.02. The van der Waals surface area contributed by atoms with Crippen LogP contribution < -0.4 is 5.32 Å². The third-order valence-corrected chi connectivity index (χ3v) is 5.30. The molecule has 2 aliphatic rings. The maximum absolute atomic E-state index is 3.82. The minimum Gasteiger partial charge on any atom is -0.308 e. The Hall–Kier alpha value is -0.0800. The first kappa shape index (κ1) is 13.4. The molecule has 2 rings (SSSR count).